The Labute approximate surface area is 112 Å². The molecule has 1 heterocycles. The summed E-state index contributed by atoms with van der Waals surface area (Å²) in [5.74, 6) is -4.85. The Kier molecular flexibility index (Phi) is 4.64. The number of methoxy groups -OCH3 is 1. The highest BCUT2D eigenvalue weighted by Gasteiger charge is 2.40. The van der Waals surface area contributed by atoms with Crippen LogP contribution >= 0.6 is 0 Å². The third kappa shape index (κ3) is 4.46. The first kappa shape index (κ1) is 17.0. The highest BCUT2D eigenvalue weighted by Crippen LogP contribution is 2.35. The topological polar surface area (TPSA) is 48.4 Å². The van der Waals surface area contributed by atoms with E-state index in [1.807, 2.05) is 0 Å². The Morgan fingerprint density at radius 1 is 1.24 bits per heavy atom. The minimum absolute atomic E-state index is 0.0631. The van der Waals surface area contributed by atoms with Crippen LogP contribution in [0.2, 0.25) is 0 Å². The molecule has 0 aliphatic carbocycles. The number of halogens is 7. The Balaban J connectivity index is 3.37. The van der Waals surface area contributed by atoms with Gasteiger partial charge in [-0.2, -0.15) is 13.2 Å². The summed E-state index contributed by atoms with van der Waals surface area (Å²) in [7, 11) is 0.816. The van der Waals surface area contributed by atoms with Crippen LogP contribution in [0.25, 0.3) is 0 Å². The monoisotopic (exact) mass is 321 g/mol. The molecule has 0 unspecified atom stereocenters. The third-order valence-electron chi connectivity index (χ3n) is 2.12. The number of hydrogen-bond donors (Lipinski definition) is 0. The first-order chi connectivity index (χ1) is 9.45. The summed E-state index contributed by atoms with van der Waals surface area (Å²) in [4.78, 5) is 13.6. The Hall–Kier alpha value is -2.07. The number of rotatable bonds is 3. The highest BCUT2D eigenvalue weighted by atomic mass is 19.4. The lowest BCUT2D eigenvalue weighted by atomic mass is 10.1. The molecule has 0 spiro atoms. The summed E-state index contributed by atoms with van der Waals surface area (Å²) in [5.41, 5.74) is -3.23. The van der Waals surface area contributed by atoms with Gasteiger partial charge in [-0.1, -0.05) is 0 Å². The van der Waals surface area contributed by atoms with Gasteiger partial charge in [-0.3, -0.25) is 4.79 Å². The van der Waals surface area contributed by atoms with Gasteiger partial charge in [0, 0.05) is 5.56 Å². The summed E-state index contributed by atoms with van der Waals surface area (Å²) < 4.78 is 94.8. The molecule has 4 nitrogen and oxygen atoms in total. The molecule has 1 aromatic rings. The molecule has 1 aromatic heterocycles. The van der Waals surface area contributed by atoms with Crippen molar-refractivity contribution < 1.29 is 45.0 Å². The SMILES string of the molecule is COC(=O)Cc1c(C(F)(F)F)ncc(OC(F)(F)F)c1F. The van der Waals surface area contributed by atoms with Crippen molar-refractivity contribution in [3.8, 4) is 5.75 Å². The van der Waals surface area contributed by atoms with Crippen LogP contribution in [0.15, 0.2) is 6.20 Å². The number of hydrogen-bond acceptors (Lipinski definition) is 4. The van der Waals surface area contributed by atoms with Crippen LogP contribution in [-0.2, 0) is 22.1 Å². The highest BCUT2D eigenvalue weighted by molar-refractivity contribution is 5.73. The molecular weight excluding hydrogens is 315 g/mol. The van der Waals surface area contributed by atoms with Crippen molar-refractivity contribution in [3.05, 3.63) is 23.3 Å². The van der Waals surface area contributed by atoms with Gasteiger partial charge in [-0.15, -0.1) is 13.2 Å². The van der Waals surface area contributed by atoms with Gasteiger partial charge in [0.25, 0.3) is 0 Å². The Morgan fingerprint density at radius 2 is 1.81 bits per heavy atom. The molecule has 0 amide bonds. The van der Waals surface area contributed by atoms with Crippen LogP contribution in [0.1, 0.15) is 11.3 Å². The molecule has 0 saturated carbocycles. The molecular formula is C10H6F7NO3. The lowest BCUT2D eigenvalue weighted by molar-refractivity contribution is -0.275. The van der Waals surface area contributed by atoms with Crippen LogP contribution in [0, 0.1) is 5.82 Å². The number of nitrogens with zero attached hydrogens (tertiary/aromatic N) is 1. The summed E-state index contributed by atoms with van der Waals surface area (Å²) in [5, 5.41) is 0. The summed E-state index contributed by atoms with van der Waals surface area (Å²) in [6.45, 7) is 0. The van der Waals surface area contributed by atoms with Crippen molar-refractivity contribution in [1.82, 2.24) is 4.98 Å². The van der Waals surface area contributed by atoms with Crippen molar-refractivity contribution in [2.75, 3.05) is 7.11 Å². The zero-order chi connectivity index (χ0) is 16.4. The molecule has 0 aromatic carbocycles. The maximum Gasteiger partial charge on any atom is 0.573 e. The van der Waals surface area contributed by atoms with E-state index in [4.69, 9.17) is 0 Å². The van der Waals surface area contributed by atoms with E-state index >= 15 is 0 Å². The molecule has 1 rings (SSSR count). The second kappa shape index (κ2) is 5.74. The Bertz CT molecular complexity index is 539. The first-order valence-electron chi connectivity index (χ1n) is 5.03. The molecule has 0 aliphatic rings. The van der Waals surface area contributed by atoms with Crippen molar-refractivity contribution in [2.45, 2.75) is 19.0 Å². The fraction of sp³-hybridized carbons (Fsp3) is 0.400. The summed E-state index contributed by atoms with van der Waals surface area (Å²) in [6, 6.07) is 0. The summed E-state index contributed by atoms with van der Waals surface area (Å²) in [6.07, 6.45) is -11.8. The fourth-order valence-electron chi connectivity index (χ4n) is 1.33. The van der Waals surface area contributed by atoms with Crippen molar-refractivity contribution in [1.29, 1.82) is 0 Å². The first-order valence-corrected chi connectivity index (χ1v) is 5.03. The molecule has 0 atom stereocenters. The van der Waals surface area contributed by atoms with Crippen LogP contribution in [0.4, 0.5) is 30.7 Å². The lowest BCUT2D eigenvalue weighted by Gasteiger charge is -2.15. The standard InChI is InChI=1S/C10H6F7NO3/c1-20-6(19)2-4-7(11)5(21-10(15,16)17)3-18-8(4)9(12,13)14/h3H,2H2,1H3. The molecule has 0 bridgehead atoms. The maximum absolute atomic E-state index is 13.7. The quantitative estimate of drug-likeness (QED) is 0.634. The predicted octanol–water partition coefficient (Wildman–Crippen LogP) is 2.85. The zero-order valence-corrected chi connectivity index (χ0v) is 10.1. The van der Waals surface area contributed by atoms with Gasteiger partial charge in [-0.05, 0) is 0 Å². The smallest absolute Gasteiger partial charge is 0.469 e. The number of aromatic nitrogens is 1. The van der Waals surface area contributed by atoms with Crippen LogP contribution in [0.3, 0.4) is 0 Å². The second-order valence-corrected chi connectivity index (χ2v) is 3.56. The van der Waals surface area contributed by atoms with Crippen LogP contribution in [-0.4, -0.2) is 24.4 Å². The molecule has 21 heavy (non-hydrogen) atoms. The second-order valence-electron chi connectivity index (χ2n) is 3.56. The molecule has 118 valence electrons. The third-order valence-corrected chi connectivity index (χ3v) is 2.12. The average Bonchev–Trinajstić information content (AvgIpc) is 2.30. The number of pyridine rings is 1. The molecule has 0 radical (unpaired) electrons. The Morgan fingerprint density at radius 3 is 2.24 bits per heavy atom. The fourth-order valence-corrected chi connectivity index (χ4v) is 1.33. The molecule has 0 N–H and O–H groups in total. The van der Waals surface area contributed by atoms with E-state index in [9.17, 15) is 35.5 Å². The van der Waals surface area contributed by atoms with Crippen molar-refractivity contribution in [2.24, 2.45) is 0 Å². The van der Waals surface area contributed by atoms with E-state index in [0.29, 0.717) is 0 Å². The number of ether oxygens (including phenoxy) is 2. The van der Waals surface area contributed by atoms with Gasteiger partial charge in [-0.25, -0.2) is 9.37 Å². The average molecular weight is 321 g/mol. The molecule has 11 heteroatoms. The number of alkyl halides is 6. The largest absolute Gasteiger partial charge is 0.573 e. The molecule has 0 fully saturated rings. The van der Waals surface area contributed by atoms with Gasteiger partial charge in [0.2, 0.25) is 0 Å². The van der Waals surface area contributed by atoms with E-state index in [1.165, 1.54) is 0 Å². The van der Waals surface area contributed by atoms with Gasteiger partial charge >= 0.3 is 18.5 Å². The van der Waals surface area contributed by atoms with Gasteiger partial charge in [0.05, 0.1) is 19.7 Å². The van der Waals surface area contributed by atoms with Crippen LogP contribution < -0.4 is 4.74 Å². The van der Waals surface area contributed by atoms with Crippen molar-refractivity contribution >= 4 is 5.97 Å². The predicted molar refractivity (Wildman–Crippen MR) is 51.6 cm³/mol. The lowest BCUT2D eigenvalue weighted by Crippen LogP contribution is -2.22. The van der Waals surface area contributed by atoms with E-state index in [-0.39, 0.29) is 6.20 Å². The van der Waals surface area contributed by atoms with Gasteiger partial charge < -0.3 is 9.47 Å². The van der Waals surface area contributed by atoms with Crippen molar-refractivity contribution in [3.63, 3.8) is 0 Å². The number of carbonyl (C=O) groups excluding carboxylic acids is 1. The molecule has 0 saturated heterocycles. The number of carbonyl (C=O) groups is 1. The maximum atomic E-state index is 13.7. The van der Waals surface area contributed by atoms with E-state index in [2.05, 4.69) is 14.5 Å². The summed E-state index contributed by atoms with van der Waals surface area (Å²) >= 11 is 0. The normalized spacial score (nSPS) is 12.2. The van der Waals surface area contributed by atoms with E-state index < -0.39 is 47.8 Å². The zero-order valence-electron chi connectivity index (χ0n) is 10.1. The molecule has 0 aliphatic heterocycles. The van der Waals surface area contributed by atoms with Crippen LogP contribution in [0.5, 0.6) is 5.75 Å². The van der Waals surface area contributed by atoms with Gasteiger partial charge in [0.15, 0.2) is 17.3 Å². The van der Waals surface area contributed by atoms with E-state index in [0.717, 1.165) is 7.11 Å². The number of esters is 1. The minimum atomic E-state index is -5.33. The van der Waals surface area contributed by atoms with E-state index in [1.54, 1.807) is 0 Å². The minimum Gasteiger partial charge on any atom is -0.469 e. The van der Waals surface area contributed by atoms with Gasteiger partial charge in [0.1, 0.15) is 0 Å².